The van der Waals surface area contributed by atoms with Gasteiger partial charge in [-0.25, -0.2) is 4.98 Å². The third-order valence-electron chi connectivity index (χ3n) is 4.51. The van der Waals surface area contributed by atoms with Crippen LogP contribution in [0.5, 0.6) is 0 Å². The molecule has 0 atom stereocenters. The minimum atomic E-state index is -0.0399. The van der Waals surface area contributed by atoms with E-state index >= 15 is 0 Å². The first-order chi connectivity index (χ1) is 13.1. The number of aryl methyl sites for hydroxylation is 2. The van der Waals surface area contributed by atoms with Crippen LogP contribution in [0.25, 0.3) is 0 Å². The molecule has 1 amide bonds. The summed E-state index contributed by atoms with van der Waals surface area (Å²) >= 11 is 0. The number of carbonyl (C=O) groups is 1. The Balaban J connectivity index is 1.65. The normalized spacial score (nSPS) is 10.4. The van der Waals surface area contributed by atoms with Gasteiger partial charge >= 0.3 is 0 Å². The van der Waals surface area contributed by atoms with E-state index in [4.69, 9.17) is 0 Å². The van der Waals surface area contributed by atoms with Gasteiger partial charge in [-0.2, -0.15) is 0 Å². The molecule has 0 saturated heterocycles. The van der Waals surface area contributed by atoms with E-state index in [1.807, 2.05) is 73.6 Å². The quantitative estimate of drug-likeness (QED) is 0.697. The number of nitrogens with zero attached hydrogens (tertiary/aromatic N) is 2. The summed E-state index contributed by atoms with van der Waals surface area (Å²) in [6, 6.07) is 22.1. The van der Waals surface area contributed by atoms with Gasteiger partial charge in [-0.3, -0.25) is 4.79 Å². The van der Waals surface area contributed by atoms with Crippen LogP contribution in [-0.4, -0.2) is 25.0 Å². The van der Waals surface area contributed by atoms with Crippen molar-refractivity contribution in [1.82, 2.24) is 10.3 Å². The molecule has 1 heterocycles. The van der Waals surface area contributed by atoms with E-state index in [0.29, 0.717) is 6.54 Å². The summed E-state index contributed by atoms with van der Waals surface area (Å²) in [4.78, 5) is 19.0. The maximum Gasteiger partial charge on any atom is 0.251 e. The first-order valence-electron chi connectivity index (χ1n) is 9.16. The topological polar surface area (TPSA) is 45.2 Å². The van der Waals surface area contributed by atoms with E-state index in [9.17, 15) is 4.79 Å². The molecule has 0 radical (unpaired) electrons. The lowest BCUT2D eigenvalue weighted by Crippen LogP contribution is -2.24. The van der Waals surface area contributed by atoms with Crippen LogP contribution >= 0.6 is 0 Å². The van der Waals surface area contributed by atoms with Crippen LogP contribution in [0, 0.1) is 0 Å². The van der Waals surface area contributed by atoms with Crippen LogP contribution in [0.2, 0.25) is 0 Å². The predicted molar refractivity (Wildman–Crippen MR) is 110 cm³/mol. The third-order valence-corrected chi connectivity index (χ3v) is 4.51. The number of carbonyl (C=O) groups excluding carboxylic acids is 1. The molecule has 3 aromatic rings. The van der Waals surface area contributed by atoms with Crippen molar-refractivity contribution in [2.45, 2.75) is 19.4 Å². The first-order valence-corrected chi connectivity index (χ1v) is 9.16. The van der Waals surface area contributed by atoms with Gasteiger partial charge in [0.25, 0.3) is 5.91 Å². The molecule has 0 aliphatic carbocycles. The van der Waals surface area contributed by atoms with Crippen LogP contribution in [0.15, 0.2) is 72.9 Å². The molecular weight excluding hydrogens is 334 g/mol. The fraction of sp³-hybridized carbons (Fsp3) is 0.217. The number of hydrogen-bond donors (Lipinski definition) is 1. The smallest absolute Gasteiger partial charge is 0.251 e. The predicted octanol–water partition coefficient (Wildman–Crippen LogP) is 3.86. The van der Waals surface area contributed by atoms with Gasteiger partial charge in [0.05, 0.1) is 0 Å². The molecule has 2 aromatic carbocycles. The van der Waals surface area contributed by atoms with Crippen molar-refractivity contribution in [1.29, 1.82) is 0 Å². The molecule has 0 aliphatic heterocycles. The van der Waals surface area contributed by atoms with Gasteiger partial charge in [-0.05, 0) is 47.7 Å². The van der Waals surface area contributed by atoms with Crippen molar-refractivity contribution in [2.75, 3.05) is 19.0 Å². The third kappa shape index (κ3) is 5.17. The molecule has 27 heavy (non-hydrogen) atoms. The summed E-state index contributed by atoms with van der Waals surface area (Å²) in [5.41, 5.74) is 4.13. The van der Waals surface area contributed by atoms with Crippen LogP contribution < -0.4 is 10.2 Å². The average Bonchev–Trinajstić information content (AvgIpc) is 2.71. The Bertz CT molecular complexity index is 891. The van der Waals surface area contributed by atoms with E-state index in [1.54, 1.807) is 6.20 Å². The van der Waals surface area contributed by atoms with Gasteiger partial charge in [0.1, 0.15) is 5.82 Å². The Morgan fingerprint density at radius 1 is 0.926 bits per heavy atom. The van der Waals surface area contributed by atoms with Crippen molar-refractivity contribution < 1.29 is 4.79 Å². The SMILES string of the molecule is CN(C)c1cc(CNC(=O)c2ccccc2CCc2ccccc2)ccn1. The molecule has 0 unspecified atom stereocenters. The Morgan fingerprint density at radius 2 is 1.67 bits per heavy atom. The van der Waals surface area contributed by atoms with Gasteiger partial charge in [0.2, 0.25) is 0 Å². The molecule has 0 aliphatic rings. The van der Waals surface area contributed by atoms with E-state index in [2.05, 4.69) is 22.4 Å². The lowest BCUT2D eigenvalue weighted by Gasteiger charge is -2.13. The number of amides is 1. The van der Waals surface area contributed by atoms with Gasteiger partial charge < -0.3 is 10.2 Å². The van der Waals surface area contributed by atoms with Crippen molar-refractivity contribution in [3.05, 3.63) is 95.2 Å². The maximum absolute atomic E-state index is 12.7. The highest BCUT2D eigenvalue weighted by Gasteiger charge is 2.11. The number of aromatic nitrogens is 1. The van der Waals surface area contributed by atoms with Crippen molar-refractivity contribution >= 4 is 11.7 Å². The van der Waals surface area contributed by atoms with Gasteiger partial charge in [0.15, 0.2) is 0 Å². The Kier molecular flexibility index (Phi) is 6.21. The number of pyridine rings is 1. The second-order valence-electron chi connectivity index (χ2n) is 6.74. The van der Waals surface area contributed by atoms with Crippen LogP contribution in [0.3, 0.4) is 0 Å². The highest BCUT2D eigenvalue weighted by Crippen LogP contribution is 2.14. The van der Waals surface area contributed by atoms with Crippen LogP contribution in [-0.2, 0) is 19.4 Å². The highest BCUT2D eigenvalue weighted by atomic mass is 16.1. The minimum absolute atomic E-state index is 0.0399. The molecule has 4 heteroatoms. The minimum Gasteiger partial charge on any atom is -0.363 e. The van der Waals surface area contributed by atoms with Crippen molar-refractivity contribution in [2.24, 2.45) is 0 Å². The van der Waals surface area contributed by atoms with Gasteiger partial charge in [-0.1, -0.05) is 48.5 Å². The second kappa shape index (κ2) is 8.99. The largest absolute Gasteiger partial charge is 0.363 e. The standard InChI is InChI=1S/C23H25N3O/c1-26(2)22-16-19(14-15-24-22)17-25-23(27)21-11-7-6-10-20(21)13-12-18-8-4-3-5-9-18/h3-11,14-16H,12-13,17H2,1-2H3,(H,25,27). The summed E-state index contributed by atoms with van der Waals surface area (Å²) in [7, 11) is 3.90. The molecule has 3 rings (SSSR count). The van der Waals surface area contributed by atoms with Crippen molar-refractivity contribution in [3.63, 3.8) is 0 Å². The molecule has 0 fully saturated rings. The maximum atomic E-state index is 12.7. The lowest BCUT2D eigenvalue weighted by molar-refractivity contribution is 0.0950. The van der Waals surface area contributed by atoms with Crippen molar-refractivity contribution in [3.8, 4) is 0 Å². The Labute approximate surface area is 160 Å². The average molecular weight is 359 g/mol. The molecule has 0 bridgehead atoms. The zero-order valence-corrected chi connectivity index (χ0v) is 15.9. The van der Waals surface area contributed by atoms with E-state index in [0.717, 1.165) is 35.3 Å². The molecule has 0 spiro atoms. The zero-order chi connectivity index (χ0) is 19.1. The highest BCUT2D eigenvalue weighted by molar-refractivity contribution is 5.95. The number of nitrogens with one attached hydrogen (secondary N) is 1. The van der Waals surface area contributed by atoms with Crippen LogP contribution in [0.4, 0.5) is 5.82 Å². The monoisotopic (exact) mass is 359 g/mol. The fourth-order valence-corrected chi connectivity index (χ4v) is 2.98. The molecule has 138 valence electrons. The molecule has 1 aromatic heterocycles. The lowest BCUT2D eigenvalue weighted by atomic mass is 9.99. The van der Waals surface area contributed by atoms with Gasteiger partial charge in [-0.15, -0.1) is 0 Å². The van der Waals surface area contributed by atoms with Gasteiger partial charge in [0, 0.05) is 32.4 Å². The summed E-state index contributed by atoms with van der Waals surface area (Å²) in [5.74, 6) is 0.840. The molecular formula is C23H25N3O. The molecule has 0 saturated carbocycles. The number of anilines is 1. The Morgan fingerprint density at radius 3 is 2.44 bits per heavy atom. The fourth-order valence-electron chi connectivity index (χ4n) is 2.98. The first kappa shape index (κ1) is 18.6. The molecule has 1 N–H and O–H groups in total. The summed E-state index contributed by atoms with van der Waals surface area (Å²) < 4.78 is 0. The Hall–Kier alpha value is -3.14. The summed E-state index contributed by atoms with van der Waals surface area (Å²) in [6.07, 6.45) is 3.53. The summed E-state index contributed by atoms with van der Waals surface area (Å²) in [6.45, 7) is 0.481. The summed E-state index contributed by atoms with van der Waals surface area (Å²) in [5, 5.41) is 3.03. The van der Waals surface area contributed by atoms with E-state index in [1.165, 1.54) is 5.56 Å². The van der Waals surface area contributed by atoms with E-state index < -0.39 is 0 Å². The number of benzene rings is 2. The van der Waals surface area contributed by atoms with E-state index in [-0.39, 0.29) is 5.91 Å². The number of hydrogen-bond acceptors (Lipinski definition) is 3. The molecule has 4 nitrogen and oxygen atoms in total. The zero-order valence-electron chi connectivity index (χ0n) is 15.9. The second-order valence-corrected chi connectivity index (χ2v) is 6.74. The number of rotatable bonds is 7. The van der Waals surface area contributed by atoms with Crippen LogP contribution in [0.1, 0.15) is 27.0 Å².